The fourth-order valence-corrected chi connectivity index (χ4v) is 0.317. The highest BCUT2D eigenvalue weighted by Gasteiger charge is 1.96. The zero-order chi connectivity index (χ0) is 7.28. The first-order valence-corrected chi connectivity index (χ1v) is 2.39. The Balaban J connectivity index is 4.14. The van der Waals surface area contributed by atoms with Crippen molar-refractivity contribution in [2.45, 2.75) is 0 Å². The molecule has 0 aromatic carbocycles. The molecule has 0 radical (unpaired) electrons. The molecule has 3 heteroatoms. The minimum Gasteiger partial charge on any atom is -0.507 e. The lowest BCUT2D eigenvalue weighted by atomic mass is 10.3. The maximum atomic E-state index is 8.61. The van der Waals surface area contributed by atoms with Gasteiger partial charge in [0.15, 0.2) is 0 Å². The van der Waals surface area contributed by atoms with Crippen LogP contribution in [0.1, 0.15) is 0 Å². The second kappa shape index (κ2) is 3.86. The van der Waals surface area contributed by atoms with E-state index in [9.17, 15) is 0 Å². The number of nitrogens with zero attached hydrogens (tertiary/aromatic N) is 1. The summed E-state index contributed by atoms with van der Waals surface area (Å²) in [5, 5.41) is 17.0. The molecule has 0 unspecified atom stereocenters. The molecule has 3 nitrogen and oxygen atoms in total. The molecule has 0 saturated carbocycles. The van der Waals surface area contributed by atoms with Gasteiger partial charge in [-0.2, -0.15) is 0 Å². The van der Waals surface area contributed by atoms with E-state index < -0.39 is 0 Å². The molecule has 0 aromatic rings. The summed E-state index contributed by atoms with van der Waals surface area (Å²) in [6.07, 6.45) is 1.23. The lowest BCUT2D eigenvalue weighted by Crippen LogP contribution is -2.05. The maximum Gasteiger partial charge on any atom is 0.132 e. The molecular weight excluding hydrogens is 118 g/mol. The Morgan fingerprint density at radius 1 is 1.67 bits per heavy atom. The van der Waals surface area contributed by atoms with Gasteiger partial charge in [0.05, 0.1) is 6.61 Å². The molecule has 0 amide bonds. The highest BCUT2D eigenvalue weighted by atomic mass is 16.3. The Hall–Kier alpha value is -1.09. The summed E-state index contributed by atoms with van der Waals surface area (Å²) in [4.78, 5) is 3.52. The molecule has 0 bridgehead atoms. The molecule has 9 heavy (non-hydrogen) atoms. The first-order valence-electron chi connectivity index (χ1n) is 2.39. The zero-order valence-electron chi connectivity index (χ0n) is 5.04. The van der Waals surface area contributed by atoms with Crippen molar-refractivity contribution in [2.24, 2.45) is 4.99 Å². The summed E-state index contributed by atoms with van der Waals surface area (Å²) in [5.74, 6) is -0.225. The SMILES string of the molecule is C=CN=C(CO)C(=C)O. The molecule has 50 valence electrons. The van der Waals surface area contributed by atoms with Gasteiger partial charge in [-0.15, -0.1) is 0 Å². The molecule has 0 saturated heterocycles. The van der Waals surface area contributed by atoms with Crippen molar-refractivity contribution in [3.8, 4) is 0 Å². The van der Waals surface area contributed by atoms with E-state index in [0.29, 0.717) is 0 Å². The molecule has 0 aromatic heterocycles. The van der Waals surface area contributed by atoms with Crippen molar-refractivity contribution in [3.63, 3.8) is 0 Å². The third-order valence-electron chi connectivity index (χ3n) is 0.730. The Labute approximate surface area is 53.7 Å². The predicted octanol–water partition coefficient (Wildman–Crippen LogP) is 0.635. The third-order valence-corrected chi connectivity index (χ3v) is 0.730. The van der Waals surface area contributed by atoms with E-state index in [2.05, 4.69) is 18.2 Å². The van der Waals surface area contributed by atoms with Gasteiger partial charge >= 0.3 is 0 Å². The summed E-state index contributed by atoms with van der Waals surface area (Å²) in [5.41, 5.74) is 0.144. The van der Waals surface area contributed by atoms with Gasteiger partial charge in [-0.25, -0.2) is 0 Å². The minimum atomic E-state index is -0.318. The summed E-state index contributed by atoms with van der Waals surface area (Å²) in [6, 6.07) is 0. The number of hydrogen-bond acceptors (Lipinski definition) is 3. The summed E-state index contributed by atoms with van der Waals surface area (Å²) in [7, 11) is 0. The summed E-state index contributed by atoms with van der Waals surface area (Å²) >= 11 is 0. The van der Waals surface area contributed by atoms with Crippen LogP contribution < -0.4 is 0 Å². The fourth-order valence-electron chi connectivity index (χ4n) is 0.317. The Kier molecular flexibility index (Phi) is 3.39. The van der Waals surface area contributed by atoms with E-state index in [0.717, 1.165) is 0 Å². The number of hydrogen-bond donors (Lipinski definition) is 2. The molecule has 0 atom stereocenters. The number of aliphatic imine (C=N–C) groups is 1. The Morgan fingerprint density at radius 3 is 2.33 bits per heavy atom. The molecule has 0 fully saturated rings. The van der Waals surface area contributed by atoms with Gasteiger partial charge in [-0.05, 0) is 0 Å². The van der Waals surface area contributed by atoms with Crippen LogP contribution >= 0.6 is 0 Å². The van der Waals surface area contributed by atoms with Gasteiger partial charge < -0.3 is 10.2 Å². The fraction of sp³-hybridized carbons (Fsp3) is 0.167. The molecule has 0 aliphatic heterocycles. The van der Waals surface area contributed by atoms with Gasteiger partial charge in [-0.1, -0.05) is 13.2 Å². The smallest absolute Gasteiger partial charge is 0.132 e. The molecule has 0 heterocycles. The highest BCUT2D eigenvalue weighted by Crippen LogP contribution is 1.88. The van der Waals surface area contributed by atoms with Crippen molar-refractivity contribution >= 4 is 5.71 Å². The number of rotatable bonds is 3. The van der Waals surface area contributed by atoms with Gasteiger partial charge in [-0.3, -0.25) is 4.99 Å². The standard InChI is InChI=1S/C6H9NO2/c1-3-7-6(4-8)5(2)9/h3,8-9H,1-2,4H2. The number of aliphatic hydroxyl groups excluding tert-OH is 2. The molecule has 0 aliphatic carbocycles. The van der Waals surface area contributed by atoms with E-state index in [1.54, 1.807) is 0 Å². The van der Waals surface area contributed by atoms with E-state index >= 15 is 0 Å². The monoisotopic (exact) mass is 127 g/mol. The van der Waals surface area contributed by atoms with E-state index in [4.69, 9.17) is 10.2 Å². The van der Waals surface area contributed by atoms with Gasteiger partial charge in [0.25, 0.3) is 0 Å². The minimum absolute atomic E-state index is 0.144. The van der Waals surface area contributed by atoms with Crippen LogP contribution in [0.3, 0.4) is 0 Å². The van der Waals surface area contributed by atoms with Gasteiger partial charge in [0, 0.05) is 6.20 Å². The molecular formula is C6H9NO2. The molecule has 0 spiro atoms. The third kappa shape index (κ3) is 2.66. The quantitative estimate of drug-likeness (QED) is 0.431. The van der Waals surface area contributed by atoms with Crippen molar-refractivity contribution in [3.05, 3.63) is 25.1 Å². The van der Waals surface area contributed by atoms with Crippen LogP contribution in [0.2, 0.25) is 0 Å². The average Bonchev–Trinajstić information content (AvgIpc) is 1.82. The van der Waals surface area contributed by atoms with Crippen LogP contribution in [0.15, 0.2) is 30.1 Å². The van der Waals surface area contributed by atoms with Crippen molar-refractivity contribution < 1.29 is 10.2 Å². The second-order valence-corrected chi connectivity index (χ2v) is 1.36. The van der Waals surface area contributed by atoms with E-state index in [1.807, 2.05) is 0 Å². The van der Waals surface area contributed by atoms with E-state index in [1.165, 1.54) is 6.20 Å². The molecule has 2 N–H and O–H groups in total. The van der Waals surface area contributed by atoms with Crippen LogP contribution in [-0.2, 0) is 0 Å². The largest absolute Gasteiger partial charge is 0.507 e. The summed E-state index contributed by atoms with van der Waals surface area (Å²) < 4.78 is 0. The van der Waals surface area contributed by atoms with Crippen molar-refractivity contribution in [2.75, 3.05) is 6.61 Å². The van der Waals surface area contributed by atoms with Gasteiger partial charge in [0.2, 0.25) is 0 Å². The summed E-state index contributed by atoms with van der Waals surface area (Å²) in [6.45, 7) is 6.12. The lowest BCUT2D eigenvalue weighted by Gasteiger charge is -1.95. The average molecular weight is 127 g/mol. The molecule has 0 rings (SSSR count). The number of aliphatic hydroxyl groups is 2. The molecule has 0 aliphatic rings. The highest BCUT2D eigenvalue weighted by molar-refractivity contribution is 5.98. The zero-order valence-corrected chi connectivity index (χ0v) is 5.04. The van der Waals surface area contributed by atoms with Crippen LogP contribution in [0, 0.1) is 0 Å². The Bertz CT molecular complexity index is 149. The van der Waals surface area contributed by atoms with Crippen LogP contribution in [0.5, 0.6) is 0 Å². The normalized spacial score (nSPS) is 11.0. The maximum absolute atomic E-state index is 8.61. The van der Waals surface area contributed by atoms with Crippen LogP contribution in [0.4, 0.5) is 0 Å². The topological polar surface area (TPSA) is 52.8 Å². The van der Waals surface area contributed by atoms with E-state index in [-0.39, 0.29) is 18.1 Å². The van der Waals surface area contributed by atoms with Gasteiger partial charge in [0.1, 0.15) is 11.5 Å². The first kappa shape index (κ1) is 7.91. The van der Waals surface area contributed by atoms with Crippen LogP contribution in [0.25, 0.3) is 0 Å². The first-order chi connectivity index (χ1) is 4.22. The van der Waals surface area contributed by atoms with Crippen molar-refractivity contribution in [1.82, 2.24) is 0 Å². The predicted molar refractivity (Wildman–Crippen MR) is 36.5 cm³/mol. The second-order valence-electron chi connectivity index (χ2n) is 1.36. The van der Waals surface area contributed by atoms with Crippen LogP contribution in [-0.4, -0.2) is 22.5 Å². The van der Waals surface area contributed by atoms with Crippen molar-refractivity contribution in [1.29, 1.82) is 0 Å². The lowest BCUT2D eigenvalue weighted by molar-refractivity contribution is 0.348. The Morgan fingerprint density at radius 2 is 2.22 bits per heavy atom.